The zero-order valence-electron chi connectivity index (χ0n) is 79.3. The van der Waals surface area contributed by atoms with Crippen LogP contribution in [-0.2, 0) is 88.9 Å². The maximum absolute atomic E-state index is 13.7. The highest BCUT2D eigenvalue weighted by atomic mass is 35.5. The first-order chi connectivity index (χ1) is 59.7. The average molecular weight is 2090 g/mol. The van der Waals surface area contributed by atoms with Gasteiger partial charge < -0.3 is 128 Å². The van der Waals surface area contributed by atoms with Gasteiger partial charge in [-0.3, -0.25) is 67.1 Å². The van der Waals surface area contributed by atoms with E-state index < -0.39 is 89.6 Å². The number of likely N-dealkylation sites (N-methyl/N-ethyl adjacent to an activating group) is 3. The molecule has 0 bridgehead atoms. The van der Waals surface area contributed by atoms with Gasteiger partial charge in [-0.25, -0.2) is 0 Å². The monoisotopic (exact) mass is 2090 g/mol. The SMILES string of the molecule is C#CC[S+](C)CC[C@H](CC(=O)[C@H](CCCC[NH3+])NC(=O)[C@H](CC[S+](C)CC#C)CC(=O)[C@H](CCCC[NH3+])NC)C(C)=O.CN[C@@H](CCCCNC(=O)C(F)(F)F)C(=O)C[C@@H](CCSC)C(=O)N[C@@H](CCCCNC(=O)C(F)(F)F)C(=O)C[C@@H](CCSC)C(C)=O.CN[C@@H](CCCC[NH3+])C(=O)C[C@@H](CCSC)C(=O)N[C@@H](CCCC[NH3+])C(=O)C[C@@H](CCSC)C(C)=O.[Cl-].[Cl-].[Cl-].[Cl-].[Cl-]. The van der Waals surface area contributed by atoms with E-state index >= 15 is 0 Å². The number of nitrogens with one attached hydrogen (secondary N) is 8. The number of alkyl halides is 6. The van der Waals surface area contributed by atoms with Crippen LogP contribution in [0.1, 0.15) is 213 Å². The third kappa shape index (κ3) is 70.6. The number of hydrogen-bond donors (Lipinski definition) is 12. The molecule has 0 aliphatic rings. The van der Waals surface area contributed by atoms with E-state index in [9.17, 15) is 93.5 Å². The first-order valence-corrected chi connectivity index (χ1v) is 53.7. The highest BCUT2D eigenvalue weighted by molar-refractivity contribution is 7.99. The second-order valence-corrected chi connectivity index (χ2v) is 40.5. The number of thioether (sulfide) groups is 4. The van der Waals surface area contributed by atoms with Gasteiger partial charge in [-0.15, -0.1) is 12.8 Å². The van der Waals surface area contributed by atoms with E-state index in [4.69, 9.17) is 12.8 Å². The topological polar surface area (TPSA) is 446 Å². The number of ketones is 9. The molecule has 5 amide bonds. The van der Waals surface area contributed by atoms with Gasteiger partial charge >= 0.3 is 24.2 Å². The molecule has 26 nitrogen and oxygen atoms in total. The number of unbranched alkanes of at least 4 members (excludes halogenated alkanes) is 6. The lowest BCUT2D eigenvalue weighted by molar-refractivity contribution is -0.368. The van der Waals surface area contributed by atoms with Gasteiger partial charge in [0.25, 0.3) is 0 Å². The second kappa shape index (κ2) is 87.8. The molecule has 0 radical (unpaired) electrons. The summed E-state index contributed by atoms with van der Waals surface area (Å²) in [4.78, 5) is 179. The quantitative estimate of drug-likeness (QED) is 0.0116. The maximum atomic E-state index is 13.7. The Morgan fingerprint density at radius 1 is 0.328 bits per heavy atom. The molecule has 766 valence electrons. The molecule has 20 N–H and O–H groups in total. The number of hydrogen-bond acceptors (Lipinski definition) is 21. The van der Waals surface area contributed by atoms with E-state index in [1.807, 2.05) is 25.0 Å². The lowest BCUT2D eigenvalue weighted by Crippen LogP contribution is -3.00. The van der Waals surface area contributed by atoms with E-state index in [2.05, 4.69) is 79.2 Å². The standard InChI is InChI=1S/C32H55N4O4S2.C30H48F6N4O6S2.C26H50N4O4S2.5ClH/c1-7-19-41(5)21-15-26(25(3)37)23-31(39)29(14-10-12-18-34)36-32(40)27(16-22-42(6)20-8-2)24-30(38)28(35-4)13-9-11-17-33;1-19(41)20(11-15-47-3)17-25(43)23(10-6-8-14-39-28(46)30(34,35)36)40-26(44)21(12-16-48-4)18-24(42)22(37-2)9-5-7-13-38-27(45)29(31,32)33;1-19(31)20(11-15-35-3)17-25(33)23(10-6-8-14-28)30-26(34)21(12-16-36-4)18-24(32)22(29-2)9-5-7-13-27;;;;;/h1-2,26-29,35H,9-24,33-34H2,3-6H3;20-23,37H,5-18H2,1-4H3,(H,38,45)(H,39,46)(H,40,44);20-23,29H,5-18,27-28H2,1-4H3,(H,30,34);5*1H/q+1;;;;;;;/t26-,27-,28+,29+,41?,42?;2*20-,21-,22+,23+;;;;;/m111...../s1. The molecule has 0 rings (SSSR count). The number of carbonyl (C=O) groups excluding carboxylic acids is 14. The van der Waals surface area contributed by atoms with Crippen LogP contribution in [-0.4, -0.2) is 274 Å². The van der Waals surface area contributed by atoms with Crippen molar-refractivity contribution >= 4 is 150 Å². The number of halogens is 11. The first kappa shape index (κ1) is 143. The van der Waals surface area contributed by atoms with Crippen molar-refractivity contribution in [3.63, 3.8) is 0 Å². The number of amides is 5. The summed E-state index contributed by atoms with van der Waals surface area (Å²) >= 11 is 6.23. The Bertz CT molecular complexity index is 3290. The summed E-state index contributed by atoms with van der Waals surface area (Å²) in [6.45, 7) is 7.07. The van der Waals surface area contributed by atoms with Gasteiger partial charge in [0.1, 0.15) is 28.9 Å². The zero-order chi connectivity index (χ0) is 96.2. The van der Waals surface area contributed by atoms with Crippen LogP contribution >= 0.6 is 47.0 Å². The van der Waals surface area contributed by atoms with Gasteiger partial charge in [-0.05, 0) is 253 Å². The Morgan fingerprint density at radius 2 is 0.534 bits per heavy atom. The van der Waals surface area contributed by atoms with Crippen molar-refractivity contribution in [2.75, 3.05) is 144 Å². The summed E-state index contributed by atoms with van der Waals surface area (Å²) in [5.41, 5.74) is 15.5. The maximum Gasteiger partial charge on any atom is 0.471 e. The third-order valence-corrected chi connectivity index (χ3v) is 27.5. The Morgan fingerprint density at radius 3 is 0.756 bits per heavy atom. The number of carbonyl (C=O) groups is 14. The highest BCUT2D eigenvalue weighted by Gasteiger charge is 2.41. The predicted octanol–water partition coefficient (Wildman–Crippen LogP) is -9.68. The van der Waals surface area contributed by atoms with Gasteiger partial charge in [0.2, 0.25) is 17.7 Å². The summed E-state index contributed by atoms with van der Waals surface area (Å²) < 4.78 is 74.5. The molecule has 14 atom stereocenters. The molecule has 0 spiro atoms. The minimum atomic E-state index is -5.03. The van der Waals surface area contributed by atoms with Crippen LogP contribution in [0.25, 0.3) is 0 Å². The molecule has 0 fully saturated rings. The summed E-state index contributed by atoms with van der Waals surface area (Å²) in [5, 5.41) is 21.3. The molecule has 0 aromatic heterocycles. The van der Waals surface area contributed by atoms with Crippen LogP contribution in [0.4, 0.5) is 26.3 Å². The molecule has 0 saturated heterocycles. The second-order valence-electron chi connectivity index (χ2n) is 32.0. The summed E-state index contributed by atoms with van der Waals surface area (Å²) in [5.74, 6) is 1.39. The predicted molar refractivity (Wildman–Crippen MR) is 502 cm³/mol. The zero-order valence-corrected chi connectivity index (χ0v) is 88.0. The molecule has 131 heavy (non-hydrogen) atoms. The molecule has 0 aliphatic carbocycles. The smallest absolute Gasteiger partial charge is 0.471 e. The number of quaternary nitrogens is 4. The fourth-order valence-corrected chi connectivity index (χ4v) is 18.0. The molecule has 0 aromatic carbocycles. The number of Topliss-reactive ketones (excluding diaryl/α,β-unsaturated/α-hetero) is 9. The van der Waals surface area contributed by atoms with E-state index in [0.29, 0.717) is 80.8 Å². The molecule has 43 heteroatoms. The Balaban J connectivity index is -0.000000286. The largest absolute Gasteiger partial charge is 1.00 e. The third-order valence-electron chi connectivity index (χ3n) is 21.7. The minimum Gasteiger partial charge on any atom is -1.00 e. The number of terminal acetylenes is 2. The van der Waals surface area contributed by atoms with Crippen LogP contribution in [0, 0.1) is 60.2 Å². The number of rotatable bonds is 76. The molecular formula is C88H158Cl5F6N12O14S6+. The molecular weight excluding hydrogens is 1930 g/mol. The Labute approximate surface area is 831 Å². The van der Waals surface area contributed by atoms with Gasteiger partial charge in [0, 0.05) is 100.0 Å². The minimum absolute atomic E-state index is 0. The highest BCUT2D eigenvalue weighted by Crippen LogP contribution is 2.26. The van der Waals surface area contributed by atoms with Gasteiger partial charge in [0.05, 0.1) is 74.9 Å². The van der Waals surface area contributed by atoms with Crippen molar-refractivity contribution in [3.05, 3.63) is 0 Å². The van der Waals surface area contributed by atoms with E-state index in [1.165, 1.54) is 51.3 Å². The van der Waals surface area contributed by atoms with Gasteiger partial charge in [-0.2, -0.15) is 73.4 Å². The fraction of sp³-hybridized carbons (Fsp3) is 0.795. The van der Waals surface area contributed by atoms with E-state index in [1.54, 1.807) is 48.3 Å². The van der Waals surface area contributed by atoms with Crippen molar-refractivity contribution in [2.24, 2.45) is 35.5 Å². The summed E-state index contributed by atoms with van der Waals surface area (Å²) in [6, 6.07) is -3.72. The molecule has 0 aromatic rings. The molecule has 0 saturated carbocycles. The van der Waals surface area contributed by atoms with Gasteiger partial charge in [0.15, 0.2) is 46.2 Å². The van der Waals surface area contributed by atoms with Crippen LogP contribution in [0.2, 0.25) is 0 Å². The van der Waals surface area contributed by atoms with E-state index in [0.717, 1.165) is 107 Å². The lowest BCUT2D eigenvalue weighted by Gasteiger charge is -2.24. The van der Waals surface area contributed by atoms with Crippen LogP contribution in [0.15, 0.2) is 0 Å². The van der Waals surface area contributed by atoms with Gasteiger partial charge in [-0.1, -0.05) is 11.8 Å². The molecule has 2 unspecified atom stereocenters. The average Bonchev–Trinajstić information content (AvgIpc) is 0.872. The van der Waals surface area contributed by atoms with Crippen molar-refractivity contribution in [2.45, 2.75) is 262 Å². The van der Waals surface area contributed by atoms with Crippen LogP contribution in [0.5, 0.6) is 0 Å². The lowest BCUT2D eigenvalue weighted by atomic mass is 9.90. The normalized spacial score (nSPS) is 14.2. The first-order valence-electron chi connectivity index (χ1n) is 44.2. The van der Waals surface area contributed by atoms with Crippen molar-refractivity contribution in [3.8, 4) is 24.7 Å². The summed E-state index contributed by atoms with van der Waals surface area (Å²) in [6.07, 6.45) is 26.4. The van der Waals surface area contributed by atoms with Crippen LogP contribution in [0.3, 0.4) is 0 Å². The fourth-order valence-electron chi connectivity index (χ4n) is 13.7. The Hall–Kier alpha value is -3.65. The van der Waals surface area contributed by atoms with Crippen LogP contribution < -0.4 is 128 Å². The summed E-state index contributed by atoms with van der Waals surface area (Å²) in [7, 11) is 5.01. The Kier molecular flexibility index (Phi) is 95.7. The molecule has 0 heterocycles. The van der Waals surface area contributed by atoms with Crippen molar-refractivity contribution in [1.29, 1.82) is 0 Å². The van der Waals surface area contributed by atoms with E-state index in [-0.39, 0.29) is 250 Å². The molecule has 0 aliphatic heterocycles. The van der Waals surface area contributed by atoms with Crippen molar-refractivity contribution < 1.29 is 178 Å². The van der Waals surface area contributed by atoms with Crippen molar-refractivity contribution in [1.82, 2.24) is 42.5 Å².